The highest BCUT2D eigenvalue weighted by molar-refractivity contribution is 7.90. The number of sulfonamides is 1. The zero-order valence-corrected chi connectivity index (χ0v) is 18.1. The van der Waals surface area contributed by atoms with Gasteiger partial charge in [-0.3, -0.25) is 0 Å². The van der Waals surface area contributed by atoms with E-state index in [1.807, 2.05) is 36.4 Å². The molecule has 0 N–H and O–H groups in total. The van der Waals surface area contributed by atoms with Gasteiger partial charge in [0.2, 0.25) is 0 Å². The molecular weight excluding hydrogens is 418 g/mol. The van der Waals surface area contributed by atoms with Crippen molar-refractivity contribution in [3.63, 3.8) is 0 Å². The van der Waals surface area contributed by atoms with Crippen LogP contribution in [-0.4, -0.2) is 44.3 Å². The molecule has 1 fully saturated rings. The first-order valence-electron chi connectivity index (χ1n) is 9.85. The summed E-state index contributed by atoms with van der Waals surface area (Å²) in [7, 11) is -1.91. The van der Waals surface area contributed by atoms with E-state index in [1.165, 1.54) is 0 Å². The van der Waals surface area contributed by atoms with Gasteiger partial charge < -0.3 is 9.64 Å². The molecule has 0 spiro atoms. The first kappa shape index (κ1) is 19.3. The molecule has 0 bridgehead atoms. The molecule has 0 amide bonds. The molecule has 3 heterocycles. The van der Waals surface area contributed by atoms with Crippen molar-refractivity contribution in [2.24, 2.45) is 4.40 Å². The van der Waals surface area contributed by atoms with Crippen LogP contribution in [0.4, 0.5) is 0 Å². The Kier molecular flexibility index (Phi) is 4.83. The van der Waals surface area contributed by atoms with E-state index in [2.05, 4.69) is 14.7 Å². The number of nitrogens with zero attached hydrogens (tertiary/aromatic N) is 3. The number of hydrogen-bond acceptors (Lipinski definition) is 6. The zero-order valence-electron chi connectivity index (χ0n) is 16.5. The Morgan fingerprint density at radius 2 is 1.73 bits per heavy atom. The molecule has 2 aromatic carbocycles. The van der Waals surface area contributed by atoms with Gasteiger partial charge >= 0.3 is 0 Å². The molecule has 0 unspecified atom stereocenters. The second-order valence-electron chi connectivity index (χ2n) is 7.42. The van der Waals surface area contributed by atoms with Crippen LogP contribution in [0.5, 0.6) is 5.75 Å². The number of likely N-dealkylation sites (tertiary alicyclic amines) is 1. The summed E-state index contributed by atoms with van der Waals surface area (Å²) in [6, 6.07) is 15.0. The van der Waals surface area contributed by atoms with Gasteiger partial charge in [0, 0.05) is 35.5 Å². The Hall–Kier alpha value is -2.71. The van der Waals surface area contributed by atoms with Crippen LogP contribution in [0.15, 0.2) is 63.2 Å². The lowest BCUT2D eigenvalue weighted by molar-refractivity contribution is 0.314. The fraction of sp³-hybridized carbons (Fsp3) is 0.273. The highest BCUT2D eigenvalue weighted by Crippen LogP contribution is 2.37. The van der Waals surface area contributed by atoms with E-state index in [0.717, 1.165) is 47.9 Å². The number of para-hydroxylation sites is 1. The van der Waals surface area contributed by atoms with Crippen molar-refractivity contribution in [2.75, 3.05) is 20.2 Å². The molecule has 0 atom stereocenters. The Morgan fingerprint density at radius 3 is 2.50 bits per heavy atom. The molecule has 1 aromatic heterocycles. The van der Waals surface area contributed by atoms with Crippen molar-refractivity contribution < 1.29 is 13.2 Å². The van der Waals surface area contributed by atoms with Crippen LogP contribution in [0, 0.1) is 0 Å². The number of ether oxygens (including phenoxy) is 1. The normalized spacial score (nSPS) is 18.2. The largest absolute Gasteiger partial charge is 0.496 e. The van der Waals surface area contributed by atoms with Crippen LogP contribution in [0.1, 0.15) is 29.3 Å². The summed E-state index contributed by atoms with van der Waals surface area (Å²) in [5, 5.41) is 3.21. The molecule has 30 heavy (non-hydrogen) atoms. The van der Waals surface area contributed by atoms with Crippen LogP contribution in [0.25, 0.3) is 11.3 Å². The lowest BCUT2D eigenvalue weighted by Crippen LogP contribution is -2.37. The van der Waals surface area contributed by atoms with E-state index >= 15 is 0 Å². The minimum Gasteiger partial charge on any atom is -0.496 e. The Labute approximate surface area is 179 Å². The van der Waals surface area contributed by atoms with Crippen molar-refractivity contribution >= 4 is 27.2 Å². The third-order valence-electron chi connectivity index (χ3n) is 5.66. The topological polar surface area (TPSA) is 71.9 Å². The Bertz CT molecular complexity index is 1230. The average molecular weight is 440 g/mol. The summed E-state index contributed by atoms with van der Waals surface area (Å²) in [6.45, 7) is 1.52. The average Bonchev–Trinajstić information content (AvgIpc) is 3.37. The lowest BCUT2D eigenvalue weighted by atomic mass is 9.97. The standard InChI is InChI=1S/C22H21N3O3S2/c1-28-19-8-4-2-6-16(19)18-14-29-22(23-18)15-10-12-25(13-11-15)21-17-7-3-5-9-20(17)30(26,27)24-21/h2-9,14-15H,10-13H2,1H3. The van der Waals surface area contributed by atoms with Gasteiger partial charge in [0.25, 0.3) is 10.0 Å². The number of amidine groups is 1. The SMILES string of the molecule is COc1ccccc1-c1csc(C2CCN(C3=NS(=O)(=O)c4ccccc43)CC2)n1. The molecule has 8 heteroatoms. The molecule has 0 saturated carbocycles. The maximum Gasteiger partial charge on any atom is 0.285 e. The number of rotatable bonds is 3. The first-order chi connectivity index (χ1) is 14.6. The molecule has 154 valence electrons. The van der Waals surface area contributed by atoms with E-state index in [9.17, 15) is 8.42 Å². The van der Waals surface area contributed by atoms with Crippen LogP contribution >= 0.6 is 11.3 Å². The van der Waals surface area contributed by atoms with E-state index in [4.69, 9.17) is 9.72 Å². The summed E-state index contributed by atoms with van der Waals surface area (Å²) in [4.78, 5) is 7.29. The number of hydrogen-bond donors (Lipinski definition) is 0. The molecule has 0 aliphatic carbocycles. The van der Waals surface area contributed by atoms with Gasteiger partial charge in [0.05, 0.1) is 17.8 Å². The third kappa shape index (κ3) is 3.30. The quantitative estimate of drug-likeness (QED) is 0.613. The zero-order chi connectivity index (χ0) is 20.7. The Balaban J connectivity index is 1.33. The minimum atomic E-state index is -3.58. The van der Waals surface area contributed by atoms with Gasteiger partial charge in [-0.2, -0.15) is 8.42 Å². The molecule has 2 aliphatic rings. The van der Waals surface area contributed by atoms with Crippen molar-refractivity contribution in [1.29, 1.82) is 0 Å². The maximum atomic E-state index is 12.3. The lowest BCUT2D eigenvalue weighted by Gasteiger charge is -2.32. The predicted octanol–water partition coefficient (Wildman–Crippen LogP) is 4.15. The molecule has 2 aliphatic heterocycles. The fourth-order valence-electron chi connectivity index (χ4n) is 4.11. The summed E-state index contributed by atoms with van der Waals surface area (Å²) in [6.07, 6.45) is 1.83. The first-order valence-corrected chi connectivity index (χ1v) is 12.2. The van der Waals surface area contributed by atoms with Crippen molar-refractivity contribution in [2.45, 2.75) is 23.7 Å². The van der Waals surface area contributed by atoms with Crippen LogP contribution < -0.4 is 4.74 Å². The monoisotopic (exact) mass is 439 g/mol. The third-order valence-corrected chi connectivity index (χ3v) is 7.99. The minimum absolute atomic E-state index is 0.309. The van der Waals surface area contributed by atoms with Gasteiger partial charge in [0.1, 0.15) is 10.6 Å². The van der Waals surface area contributed by atoms with E-state index in [-0.39, 0.29) is 0 Å². The van der Waals surface area contributed by atoms with Crippen molar-refractivity contribution in [1.82, 2.24) is 9.88 Å². The summed E-state index contributed by atoms with van der Waals surface area (Å²) >= 11 is 1.68. The number of thiazole rings is 1. The fourth-order valence-corrected chi connectivity index (χ4v) is 6.33. The van der Waals surface area contributed by atoms with Gasteiger partial charge in [-0.15, -0.1) is 15.7 Å². The highest BCUT2D eigenvalue weighted by Gasteiger charge is 2.34. The summed E-state index contributed by atoms with van der Waals surface area (Å²) in [5.74, 6) is 1.77. The maximum absolute atomic E-state index is 12.3. The molecule has 0 radical (unpaired) electrons. The Morgan fingerprint density at radius 1 is 1.03 bits per heavy atom. The van der Waals surface area contributed by atoms with Crippen LogP contribution in [0.3, 0.4) is 0 Å². The number of piperidine rings is 1. The number of aromatic nitrogens is 1. The molecular formula is C22H21N3O3S2. The molecule has 3 aromatic rings. The van der Waals surface area contributed by atoms with Gasteiger partial charge in [0.15, 0.2) is 5.84 Å². The highest BCUT2D eigenvalue weighted by atomic mass is 32.2. The summed E-state index contributed by atoms with van der Waals surface area (Å²) < 4.78 is 34.2. The smallest absolute Gasteiger partial charge is 0.285 e. The molecule has 1 saturated heterocycles. The molecule has 6 nitrogen and oxygen atoms in total. The molecule has 5 rings (SSSR count). The van der Waals surface area contributed by atoms with Gasteiger partial charge in [-0.1, -0.05) is 24.3 Å². The van der Waals surface area contributed by atoms with E-state index < -0.39 is 10.0 Å². The van der Waals surface area contributed by atoms with Crippen LogP contribution in [0.2, 0.25) is 0 Å². The second-order valence-corrected chi connectivity index (χ2v) is 9.88. The van der Waals surface area contributed by atoms with E-state index in [0.29, 0.717) is 22.2 Å². The predicted molar refractivity (Wildman–Crippen MR) is 118 cm³/mol. The van der Waals surface area contributed by atoms with E-state index in [1.54, 1.807) is 30.6 Å². The van der Waals surface area contributed by atoms with Gasteiger partial charge in [-0.25, -0.2) is 4.98 Å². The van der Waals surface area contributed by atoms with Crippen LogP contribution in [-0.2, 0) is 10.0 Å². The second kappa shape index (κ2) is 7.52. The van der Waals surface area contributed by atoms with Crippen molar-refractivity contribution in [3.05, 3.63) is 64.5 Å². The number of fused-ring (bicyclic) bond motifs is 1. The van der Waals surface area contributed by atoms with Crippen molar-refractivity contribution in [3.8, 4) is 17.0 Å². The number of benzene rings is 2. The number of methoxy groups -OCH3 is 1. The summed E-state index contributed by atoms with van der Waals surface area (Å²) in [5.41, 5.74) is 2.65. The van der Waals surface area contributed by atoms with Gasteiger partial charge in [-0.05, 0) is 37.1 Å².